The number of urea groups is 1. The molecule has 0 saturated carbocycles. The maximum absolute atomic E-state index is 12.6. The fourth-order valence-corrected chi connectivity index (χ4v) is 3.63. The molecule has 0 bridgehead atoms. The second kappa shape index (κ2) is 9.75. The van der Waals surface area contributed by atoms with E-state index in [2.05, 4.69) is 5.32 Å². The van der Waals surface area contributed by atoms with Crippen LogP contribution in [0.25, 0.3) is 0 Å². The molecule has 5 nitrogen and oxygen atoms in total. The first-order valence-corrected chi connectivity index (χ1v) is 9.72. The number of anilines is 1. The Morgan fingerprint density at radius 2 is 1.85 bits per heavy atom. The molecule has 1 N–H and O–H groups in total. The third kappa shape index (κ3) is 5.33. The molecule has 144 valence electrons. The summed E-state index contributed by atoms with van der Waals surface area (Å²) in [4.78, 5) is 28.7. The van der Waals surface area contributed by atoms with Gasteiger partial charge in [0.05, 0.1) is 5.69 Å². The summed E-state index contributed by atoms with van der Waals surface area (Å²) in [6.07, 6.45) is 1.14. The summed E-state index contributed by atoms with van der Waals surface area (Å²) in [5, 5.41) is 2.77. The number of carbonyl (C=O) groups excluding carboxylic acids is 2. The van der Waals surface area contributed by atoms with Crippen molar-refractivity contribution in [1.82, 2.24) is 9.80 Å². The zero-order valence-electron chi connectivity index (χ0n) is 15.1. The van der Waals surface area contributed by atoms with E-state index in [1.165, 1.54) is 0 Å². The van der Waals surface area contributed by atoms with Crippen molar-refractivity contribution in [1.29, 1.82) is 0 Å². The summed E-state index contributed by atoms with van der Waals surface area (Å²) < 4.78 is 25.3. The number of carbonyl (C=O) groups is 2. The molecule has 1 aromatic carbocycles. The van der Waals surface area contributed by atoms with E-state index in [1.807, 2.05) is 13.8 Å². The number of nitrogens with one attached hydrogen (secondary N) is 1. The zero-order valence-corrected chi connectivity index (χ0v) is 15.9. The first kappa shape index (κ1) is 20.5. The largest absolute Gasteiger partial charge is 0.325 e. The summed E-state index contributed by atoms with van der Waals surface area (Å²) >= 11 is 0.420. The van der Waals surface area contributed by atoms with Gasteiger partial charge in [-0.25, -0.2) is 4.79 Å². The second-order valence-corrected chi connectivity index (χ2v) is 7.11. The maximum Gasteiger partial charge on any atom is 0.319 e. The Morgan fingerprint density at radius 1 is 1.23 bits per heavy atom. The van der Waals surface area contributed by atoms with Gasteiger partial charge in [0.25, 0.3) is 5.76 Å². The highest BCUT2D eigenvalue weighted by Gasteiger charge is 2.29. The van der Waals surface area contributed by atoms with Crippen molar-refractivity contribution >= 4 is 29.4 Å². The zero-order chi connectivity index (χ0) is 19.1. The van der Waals surface area contributed by atoms with Gasteiger partial charge in [-0.15, -0.1) is 0 Å². The highest BCUT2D eigenvalue weighted by Crippen LogP contribution is 2.32. The number of para-hydroxylation sites is 1. The van der Waals surface area contributed by atoms with Gasteiger partial charge in [0.1, 0.15) is 0 Å². The molecule has 0 aliphatic carbocycles. The van der Waals surface area contributed by atoms with E-state index in [1.54, 1.807) is 34.1 Å². The summed E-state index contributed by atoms with van der Waals surface area (Å²) in [6, 6.07) is 6.57. The predicted octanol–water partition coefficient (Wildman–Crippen LogP) is 4.11. The number of likely N-dealkylation sites (tertiary alicyclic amines) is 1. The quantitative estimate of drug-likeness (QED) is 0.750. The smallest absolute Gasteiger partial charge is 0.319 e. The molecule has 0 spiro atoms. The van der Waals surface area contributed by atoms with E-state index in [4.69, 9.17) is 0 Å². The molecule has 1 aromatic rings. The molecule has 1 fully saturated rings. The van der Waals surface area contributed by atoms with Gasteiger partial charge in [-0.1, -0.05) is 23.9 Å². The molecule has 1 heterocycles. The number of piperidine rings is 1. The van der Waals surface area contributed by atoms with Crippen LogP contribution in [0.3, 0.4) is 0 Å². The van der Waals surface area contributed by atoms with Crippen LogP contribution < -0.4 is 5.32 Å². The molecular weight excluding hydrogens is 360 g/mol. The fourth-order valence-electron chi connectivity index (χ4n) is 3.03. The van der Waals surface area contributed by atoms with Crippen LogP contribution in [-0.2, 0) is 4.79 Å². The molecule has 26 heavy (non-hydrogen) atoms. The minimum atomic E-state index is -2.54. The van der Waals surface area contributed by atoms with Gasteiger partial charge in [0.15, 0.2) is 0 Å². The van der Waals surface area contributed by atoms with Crippen LogP contribution in [0, 0.1) is 5.92 Å². The number of rotatable bonds is 6. The summed E-state index contributed by atoms with van der Waals surface area (Å²) in [6.45, 7) is 6.26. The number of amides is 3. The first-order chi connectivity index (χ1) is 12.5. The second-order valence-electron chi connectivity index (χ2n) is 6.08. The Morgan fingerprint density at radius 3 is 2.42 bits per heavy atom. The van der Waals surface area contributed by atoms with Gasteiger partial charge < -0.3 is 15.1 Å². The van der Waals surface area contributed by atoms with Crippen LogP contribution in [0.4, 0.5) is 19.3 Å². The van der Waals surface area contributed by atoms with E-state index >= 15 is 0 Å². The number of benzene rings is 1. The molecule has 0 atom stereocenters. The Labute approximate surface area is 157 Å². The van der Waals surface area contributed by atoms with Crippen molar-refractivity contribution in [2.75, 3.05) is 31.5 Å². The number of alkyl halides is 2. The van der Waals surface area contributed by atoms with Gasteiger partial charge in [0, 0.05) is 37.0 Å². The van der Waals surface area contributed by atoms with Crippen LogP contribution in [0.15, 0.2) is 29.2 Å². The Balaban J connectivity index is 1.92. The van der Waals surface area contributed by atoms with Crippen molar-refractivity contribution in [2.45, 2.75) is 37.3 Å². The lowest BCUT2D eigenvalue weighted by atomic mass is 9.96. The predicted molar refractivity (Wildman–Crippen MR) is 99.5 cm³/mol. The van der Waals surface area contributed by atoms with Crippen LogP contribution in [0.5, 0.6) is 0 Å². The molecule has 1 aliphatic heterocycles. The van der Waals surface area contributed by atoms with Crippen molar-refractivity contribution in [2.24, 2.45) is 5.92 Å². The Kier molecular flexibility index (Phi) is 7.68. The number of hydrogen-bond donors (Lipinski definition) is 1. The van der Waals surface area contributed by atoms with E-state index in [0.717, 1.165) is 0 Å². The highest BCUT2D eigenvalue weighted by molar-refractivity contribution is 7.99. The van der Waals surface area contributed by atoms with Crippen LogP contribution >= 0.6 is 11.8 Å². The lowest BCUT2D eigenvalue weighted by molar-refractivity contribution is -0.121. The van der Waals surface area contributed by atoms with Gasteiger partial charge in [0.2, 0.25) is 5.91 Å². The molecule has 0 radical (unpaired) electrons. The molecule has 3 amide bonds. The minimum Gasteiger partial charge on any atom is -0.325 e. The Hall–Kier alpha value is -1.83. The average molecular weight is 385 g/mol. The monoisotopic (exact) mass is 385 g/mol. The molecule has 1 aliphatic rings. The van der Waals surface area contributed by atoms with Gasteiger partial charge in [-0.05, 0) is 38.8 Å². The molecule has 2 rings (SSSR count). The van der Waals surface area contributed by atoms with E-state index in [-0.39, 0.29) is 17.9 Å². The summed E-state index contributed by atoms with van der Waals surface area (Å²) in [5.41, 5.74) is 0.407. The van der Waals surface area contributed by atoms with Crippen molar-refractivity contribution < 1.29 is 18.4 Å². The van der Waals surface area contributed by atoms with E-state index in [0.29, 0.717) is 61.4 Å². The van der Waals surface area contributed by atoms with Crippen molar-refractivity contribution in [3.63, 3.8) is 0 Å². The summed E-state index contributed by atoms with van der Waals surface area (Å²) in [7, 11) is 0. The molecule has 0 aromatic heterocycles. The van der Waals surface area contributed by atoms with Gasteiger partial charge in [-0.3, -0.25) is 4.79 Å². The van der Waals surface area contributed by atoms with Gasteiger partial charge >= 0.3 is 6.03 Å². The highest BCUT2D eigenvalue weighted by atomic mass is 32.2. The van der Waals surface area contributed by atoms with Crippen molar-refractivity contribution in [3.8, 4) is 0 Å². The third-order valence-corrected chi connectivity index (χ3v) is 5.32. The standard InChI is InChI=1S/C18H25F2N3O2S/c1-3-22(4-2)18(25)23-11-9-13(10-12-23)16(24)21-14-7-5-6-8-15(14)26-17(19)20/h5-8,13,17H,3-4,9-12H2,1-2H3,(H,21,24). The molecule has 1 saturated heterocycles. The Bertz CT molecular complexity index is 618. The number of nitrogens with zero attached hydrogens (tertiary/aromatic N) is 2. The van der Waals surface area contributed by atoms with E-state index < -0.39 is 5.76 Å². The number of hydrogen-bond acceptors (Lipinski definition) is 3. The first-order valence-electron chi connectivity index (χ1n) is 8.84. The molecule has 8 heteroatoms. The summed E-state index contributed by atoms with van der Waals surface area (Å²) in [5.74, 6) is -2.94. The topological polar surface area (TPSA) is 52.7 Å². The maximum atomic E-state index is 12.6. The van der Waals surface area contributed by atoms with Crippen LogP contribution in [-0.4, -0.2) is 53.7 Å². The molecular formula is C18H25F2N3O2S. The van der Waals surface area contributed by atoms with Crippen LogP contribution in [0.1, 0.15) is 26.7 Å². The molecule has 0 unspecified atom stereocenters. The van der Waals surface area contributed by atoms with Crippen LogP contribution in [0.2, 0.25) is 0 Å². The van der Waals surface area contributed by atoms with Gasteiger partial charge in [-0.2, -0.15) is 8.78 Å². The van der Waals surface area contributed by atoms with E-state index in [9.17, 15) is 18.4 Å². The number of halogens is 2. The minimum absolute atomic E-state index is 0.00698. The normalized spacial score (nSPS) is 15.2. The SMILES string of the molecule is CCN(CC)C(=O)N1CCC(C(=O)Nc2ccccc2SC(F)F)CC1. The number of thioether (sulfide) groups is 1. The lowest BCUT2D eigenvalue weighted by Gasteiger charge is -2.34. The van der Waals surface area contributed by atoms with Crippen molar-refractivity contribution in [3.05, 3.63) is 24.3 Å². The fraction of sp³-hybridized carbons (Fsp3) is 0.556. The third-order valence-electron chi connectivity index (χ3n) is 4.53. The average Bonchev–Trinajstić information content (AvgIpc) is 2.64. The lowest BCUT2D eigenvalue weighted by Crippen LogP contribution is -2.47.